The highest BCUT2D eigenvalue weighted by Gasteiger charge is 2.29. The van der Waals surface area contributed by atoms with Crippen LogP contribution in [0.3, 0.4) is 0 Å². The van der Waals surface area contributed by atoms with Gasteiger partial charge in [0.25, 0.3) is 20.0 Å². The first-order valence-corrected chi connectivity index (χ1v) is 15.6. The minimum absolute atomic E-state index is 0.0263. The maximum atomic E-state index is 13.6. The Hall–Kier alpha value is -3.28. The van der Waals surface area contributed by atoms with Crippen molar-refractivity contribution in [2.75, 3.05) is 20.9 Å². The third kappa shape index (κ3) is 7.07. The first-order valence-electron chi connectivity index (χ1n) is 11.6. The fraction of sp³-hybridized carbons (Fsp3) is 0.0741. The Kier molecular flexibility index (Phi) is 8.96. The van der Waals surface area contributed by atoms with Gasteiger partial charge in [-0.1, -0.05) is 58.6 Å². The normalized spacial score (nSPS) is 11.6. The van der Waals surface area contributed by atoms with E-state index in [1.165, 1.54) is 60.7 Å². The van der Waals surface area contributed by atoms with Crippen molar-refractivity contribution in [3.8, 4) is 0 Å². The molecule has 0 atom stereocenters. The maximum absolute atomic E-state index is 13.6. The zero-order valence-corrected chi connectivity index (χ0v) is 24.7. The minimum Gasteiger partial charge on any atom is -0.325 e. The van der Waals surface area contributed by atoms with E-state index in [1.54, 1.807) is 30.3 Å². The summed E-state index contributed by atoms with van der Waals surface area (Å²) in [6.45, 7) is 1.19. The molecule has 0 aliphatic rings. The second-order valence-corrected chi connectivity index (χ2v) is 13.4. The van der Waals surface area contributed by atoms with Gasteiger partial charge in [0.05, 0.1) is 26.2 Å². The van der Waals surface area contributed by atoms with Gasteiger partial charge in [-0.05, 0) is 79.7 Å². The third-order valence-corrected chi connectivity index (χ3v) is 9.56. The van der Waals surface area contributed by atoms with Crippen molar-refractivity contribution >= 4 is 77.8 Å². The molecule has 8 nitrogen and oxygen atoms in total. The van der Waals surface area contributed by atoms with Crippen LogP contribution in [0.25, 0.3) is 0 Å². The quantitative estimate of drug-likeness (QED) is 0.215. The Balaban J connectivity index is 1.56. The van der Waals surface area contributed by atoms with Gasteiger partial charge in [0, 0.05) is 15.7 Å². The van der Waals surface area contributed by atoms with Crippen LogP contribution in [-0.4, -0.2) is 29.3 Å². The van der Waals surface area contributed by atoms with Crippen molar-refractivity contribution in [1.82, 2.24) is 0 Å². The molecule has 13 heteroatoms. The van der Waals surface area contributed by atoms with E-state index in [1.807, 2.05) is 6.92 Å². The number of benzene rings is 4. The molecule has 0 fully saturated rings. The molecule has 40 heavy (non-hydrogen) atoms. The molecule has 0 heterocycles. The summed E-state index contributed by atoms with van der Waals surface area (Å²) in [5, 5.41) is 3.27. The summed E-state index contributed by atoms with van der Waals surface area (Å²) in [5.74, 6) is -0.695. The highest BCUT2D eigenvalue weighted by atomic mass is 35.5. The van der Waals surface area contributed by atoms with Gasteiger partial charge in [-0.3, -0.25) is 13.8 Å². The smallest absolute Gasteiger partial charge is 0.264 e. The van der Waals surface area contributed by atoms with Crippen LogP contribution in [0.5, 0.6) is 0 Å². The molecule has 4 aromatic rings. The zero-order chi connectivity index (χ0) is 29.1. The Morgan fingerprint density at radius 2 is 1.38 bits per heavy atom. The average Bonchev–Trinajstić information content (AvgIpc) is 2.89. The number of sulfonamides is 2. The first kappa shape index (κ1) is 29.7. The van der Waals surface area contributed by atoms with Crippen LogP contribution in [0.1, 0.15) is 5.56 Å². The molecule has 1 amide bonds. The Morgan fingerprint density at radius 1 is 0.750 bits per heavy atom. The van der Waals surface area contributed by atoms with E-state index in [0.717, 1.165) is 9.87 Å². The van der Waals surface area contributed by atoms with E-state index in [9.17, 15) is 21.6 Å². The van der Waals surface area contributed by atoms with Crippen LogP contribution in [0.2, 0.25) is 15.1 Å². The Morgan fingerprint density at radius 3 is 2.02 bits per heavy atom. The highest BCUT2D eigenvalue weighted by Crippen LogP contribution is 2.33. The summed E-state index contributed by atoms with van der Waals surface area (Å²) in [6.07, 6.45) is 0. The lowest BCUT2D eigenvalue weighted by Gasteiger charge is -2.25. The van der Waals surface area contributed by atoms with Crippen LogP contribution in [-0.2, 0) is 24.8 Å². The van der Waals surface area contributed by atoms with Gasteiger partial charge in [0.2, 0.25) is 5.91 Å². The van der Waals surface area contributed by atoms with Crippen molar-refractivity contribution in [3.05, 3.63) is 112 Å². The molecule has 0 saturated carbocycles. The Labute approximate surface area is 247 Å². The fourth-order valence-corrected chi connectivity index (χ4v) is 6.74. The summed E-state index contributed by atoms with van der Waals surface area (Å²) >= 11 is 18.3. The number of nitrogens with one attached hydrogen (secondary N) is 2. The van der Waals surface area contributed by atoms with E-state index >= 15 is 0 Å². The van der Waals surface area contributed by atoms with E-state index in [2.05, 4.69) is 10.0 Å². The van der Waals surface area contributed by atoms with Crippen LogP contribution in [0.4, 0.5) is 17.1 Å². The van der Waals surface area contributed by atoms with E-state index in [-0.39, 0.29) is 31.2 Å². The molecule has 0 spiro atoms. The van der Waals surface area contributed by atoms with Crippen molar-refractivity contribution < 1.29 is 21.6 Å². The predicted octanol–water partition coefficient (Wildman–Crippen LogP) is 6.59. The summed E-state index contributed by atoms with van der Waals surface area (Å²) in [7, 11) is -8.15. The SMILES string of the molecule is Cc1ccc(S(=O)(=O)N(CC(=O)Nc2ccc(S(=O)(=O)Nc3cccc(Cl)c3)cc2)c2cc(Cl)ccc2Cl)cc1. The standard InChI is InChI=1S/C27H22Cl3N3O5S2/c1-18-5-10-24(11-6-18)40(37,38)33(26-16-20(29)7-14-25(26)30)17-27(34)31-21-8-12-23(13-9-21)39(35,36)32-22-4-2-3-19(28)15-22/h2-16,32H,17H2,1H3,(H,31,34). The average molecular weight is 639 g/mol. The number of aryl methyl sites for hydroxylation is 1. The molecule has 0 saturated heterocycles. The molecule has 0 aliphatic heterocycles. The second-order valence-electron chi connectivity index (χ2n) is 8.61. The van der Waals surface area contributed by atoms with Gasteiger partial charge >= 0.3 is 0 Å². The summed E-state index contributed by atoms with van der Waals surface area (Å²) < 4.78 is 55.9. The highest BCUT2D eigenvalue weighted by molar-refractivity contribution is 7.93. The third-order valence-electron chi connectivity index (χ3n) is 5.60. The number of rotatable bonds is 9. The lowest BCUT2D eigenvalue weighted by atomic mass is 10.2. The molecule has 0 aliphatic carbocycles. The number of nitrogens with zero attached hydrogens (tertiary/aromatic N) is 1. The maximum Gasteiger partial charge on any atom is 0.264 e. The van der Waals surface area contributed by atoms with Crippen molar-refractivity contribution in [2.24, 2.45) is 0 Å². The van der Waals surface area contributed by atoms with Gasteiger partial charge in [-0.25, -0.2) is 16.8 Å². The van der Waals surface area contributed by atoms with Crippen LogP contribution < -0.4 is 14.3 Å². The van der Waals surface area contributed by atoms with Gasteiger partial charge in [0.1, 0.15) is 6.54 Å². The fourth-order valence-electron chi connectivity index (χ4n) is 3.63. The predicted molar refractivity (Wildman–Crippen MR) is 160 cm³/mol. The number of anilines is 3. The summed E-state index contributed by atoms with van der Waals surface area (Å²) in [4.78, 5) is 12.9. The van der Waals surface area contributed by atoms with E-state index in [0.29, 0.717) is 10.7 Å². The summed E-state index contributed by atoms with van der Waals surface area (Å²) in [5.41, 5.74) is 1.42. The van der Waals surface area contributed by atoms with Gasteiger partial charge < -0.3 is 5.32 Å². The minimum atomic E-state index is -4.22. The molecule has 0 aromatic heterocycles. The van der Waals surface area contributed by atoms with E-state index < -0.39 is 32.5 Å². The number of halogens is 3. The van der Waals surface area contributed by atoms with Crippen molar-refractivity contribution in [2.45, 2.75) is 16.7 Å². The monoisotopic (exact) mass is 637 g/mol. The number of carbonyl (C=O) groups is 1. The van der Waals surface area contributed by atoms with Gasteiger partial charge in [-0.15, -0.1) is 0 Å². The largest absolute Gasteiger partial charge is 0.325 e. The number of hydrogen-bond donors (Lipinski definition) is 2. The van der Waals surface area contributed by atoms with E-state index in [4.69, 9.17) is 34.8 Å². The molecular formula is C27H22Cl3N3O5S2. The number of carbonyl (C=O) groups excluding carboxylic acids is 1. The molecule has 4 aromatic carbocycles. The molecule has 0 unspecified atom stereocenters. The number of amides is 1. The molecule has 4 rings (SSSR count). The van der Waals surface area contributed by atoms with Crippen molar-refractivity contribution in [3.63, 3.8) is 0 Å². The topological polar surface area (TPSA) is 113 Å². The molecule has 2 N–H and O–H groups in total. The van der Waals surface area contributed by atoms with Crippen LogP contribution in [0, 0.1) is 6.92 Å². The van der Waals surface area contributed by atoms with Gasteiger partial charge in [-0.2, -0.15) is 0 Å². The lowest BCUT2D eigenvalue weighted by Crippen LogP contribution is -2.38. The van der Waals surface area contributed by atoms with Crippen LogP contribution in [0.15, 0.2) is 101 Å². The van der Waals surface area contributed by atoms with Crippen molar-refractivity contribution in [1.29, 1.82) is 0 Å². The zero-order valence-electron chi connectivity index (χ0n) is 20.8. The van der Waals surface area contributed by atoms with Crippen LogP contribution >= 0.6 is 34.8 Å². The molecular weight excluding hydrogens is 617 g/mol. The molecule has 0 bridgehead atoms. The molecule has 0 radical (unpaired) electrons. The first-order chi connectivity index (χ1) is 18.8. The molecule has 208 valence electrons. The van der Waals surface area contributed by atoms with Gasteiger partial charge in [0.15, 0.2) is 0 Å². The summed E-state index contributed by atoms with van der Waals surface area (Å²) in [6, 6.07) is 22.1. The second kappa shape index (κ2) is 12.1. The number of hydrogen-bond acceptors (Lipinski definition) is 5. The lowest BCUT2D eigenvalue weighted by molar-refractivity contribution is -0.114. The Bertz CT molecular complexity index is 1760.